The summed E-state index contributed by atoms with van der Waals surface area (Å²) in [4.78, 5) is 4.15. The highest BCUT2D eigenvalue weighted by Crippen LogP contribution is 2.12. The number of nitrogens with zero attached hydrogens (tertiary/aromatic N) is 1. The van der Waals surface area contributed by atoms with E-state index in [1.807, 2.05) is 12.1 Å². The van der Waals surface area contributed by atoms with E-state index in [1.165, 1.54) is 0 Å². The molecule has 0 saturated heterocycles. The van der Waals surface area contributed by atoms with Crippen LogP contribution in [-0.4, -0.2) is 4.98 Å². The zero-order valence-electron chi connectivity index (χ0n) is 7.12. The molecular weight excluding hydrogens is 148 g/mol. The molecule has 1 unspecified atom stereocenters. The first-order chi connectivity index (χ1) is 5.79. The number of rotatable bonds is 2. The Morgan fingerprint density at radius 2 is 2.50 bits per heavy atom. The van der Waals surface area contributed by atoms with Gasteiger partial charge in [0.2, 0.25) is 0 Å². The number of hydrogen-bond acceptors (Lipinski definition) is 2. The normalized spacial score (nSPS) is 12.1. The van der Waals surface area contributed by atoms with Crippen molar-refractivity contribution in [2.75, 3.05) is 0 Å². The number of aryl methyl sites for hydroxylation is 1. The van der Waals surface area contributed by atoms with Crippen molar-refractivity contribution < 1.29 is 0 Å². The zero-order valence-corrected chi connectivity index (χ0v) is 7.12. The van der Waals surface area contributed by atoms with Crippen molar-refractivity contribution in [1.82, 2.24) is 4.98 Å². The molecule has 0 amide bonds. The third kappa shape index (κ3) is 1.63. The maximum atomic E-state index is 5.67. The standard InChI is InChI=1S/C10H12N2/c1-3-8-6-5-7-12-10(8)9(11)4-2/h2,5-7,9H,3,11H2,1H3. The Bertz CT molecular complexity index is 299. The third-order valence-electron chi connectivity index (χ3n) is 1.78. The van der Waals surface area contributed by atoms with Crippen molar-refractivity contribution >= 4 is 0 Å². The Labute approximate surface area is 72.8 Å². The van der Waals surface area contributed by atoms with Crippen LogP contribution < -0.4 is 5.73 Å². The topological polar surface area (TPSA) is 38.9 Å². The molecule has 1 aromatic rings. The van der Waals surface area contributed by atoms with Crippen LogP contribution in [0.15, 0.2) is 18.3 Å². The van der Waals surface area contributed by atoms with Gasteiger partial charge in [0.1, 0.15) is 6.04 Å². The molecule has 62 valence electrons. The Kier molecular flexibility index (Phi) is 2.84. The fraction of sp³-hybridized carbons (Fsp3) is 0.300. The fourth-order valence-corrected chi connectivity index (χ4v) is 1.11. The Balaban J connectivity index is 3.06. The first-order valence-electron chi connectivity index (χ1n) is 3.95. The summed E-state index contributed by atoms with van der Waals surface area (Å²) in [7, 11) is 0. The number of terminal acetylenes is 1. The lowest BCUT2D eigenvalue weighted by Crippen LogP contribution is -2.11. The molecule has 0 radical (unpaired) electrons. The predicted molar refractivity (Wildman–Crippen MR) is 49.4 cm³/mol. The molecule has 0 aromatic carbocycles. The van der Waals surface area contributed by atoms with Gasteiger partial charge in [0.05, 0.1) is 5.69 Å². The number of hydrogen-bond donors (Lipinski definition) is 1. The molecule has 1 aromatic heterocycles. The van der Waals surface area contributed by atoms with E-state index in [-0.39, 0.29) is 6.04 Å². The van der Waals surface area contributed by atoms with Crippen LogP contribution in [0, 0.1) is 12.3 Å². The van der Waals surface area contributed by atoms with Gasteiger partial charge in [-0.2, -0.15) is 0 Å². The molecule has 1 atom stereocenters. The monoisotopic (exact) mass is 160 g/mol. The summed E-state index contributed by atoms with van der Waals surface area (Å²) in [5.74, 6) is 2.47. The van der Waals surface area contributed by atoms with Crippen LogP contribution >= 0.6 is 0 Å². The van der Waals surface area contributed by atoms with Gasteiger partial charge in [0.25, 0.3) is 0 Å². The predicted octanol–water partition coefficient (Wildman–Crippen LogP) is 1.28. The first-order valence-corrected chi connectivity index (χ1v) is 3.95. The SMILES string of the molecule is C#CC(N)c1ncccc1CC. The van der Waals surface area contributed by atoms with Gasteiger partial charge in [-0.1, -0.05) is 18.9 Å². The van der Waals surface area contributed by atoms with Gasteiger partial charge in [-0.15, -0.1) is 6.42 Å². The van der Waals surface area contributed by atoms with E-state index in [1.54, 1.807) is 6.20 Å². The van der Waals surface area contributed by atoms with E-state index in [4.69, 9.17) is 12.2 Å². The Hall–Kier alpha value is -1.33. The van der Waals surface area contributed by atoms with Gasteiger partial charge in [-0.05, 0) is 18.1 Å². The minimum atomic E-state index is -0.374. The van der Waals surface area contributed by atoms with Crippen LogP contribution in [0.5, 0.6) is 0 Å². The number of aromatic nitrogens is 1. The van der Waals surface area contributed by atoms with Crippen molar-refractivity contribution in [2.24, 2.45) is 5.73 Å². The van der Waals surface area contributed by atoms with Crippen molar-refractivity contribution in [3.63, 3.8) is 0 Å². The lowest BCUT2D eigenvalue weighted by molar-refractivity contribution is 0.858. The minimum Gasteiger partial charge on any atom is -0.313 e. The fourth-order valence-electron chi connectivity index (χ4n) is 1.11. The molecule has 2 N–H and O–H groups in total. The highest BCUT2D eigenvalue weighted by Gasteiger charge is 2.07. The number of nitrogens with two attached hydrogens (primary N) is 1. The Morgan fingerprint density at radius 1 is 1.75 bits per heavy atom. The van der Waals surface area contributed by atoms with E-state index in [0.717, 1.165) is 17.7 Å². The van der Waals surface area contributed by atoms with Crippen molar-refractivity contribution in [2.45, 2.75) is 19.4 Å². The van der Waals surface area contributed by atoms with Crippen molar-refractivity contribution in [3.05, 3.63) is 29.6 Å². The molecule has 0 aliphatic carbocycles. The van der Waals surface area contributed by atoms with Crippen molar-refractivity contribution in [1.29, 1.82) is 0 Å². The van der Waals surface area contributed by atoms with Crippen LogP contribution in [0.2, 0.25) is 0 Å². The van der Waals surface area contributed by atoms with Crippen LogP contribution in [-0.2, 0) is 6.42 Å². The molecule has 0 fully saturated rings. The maximum absolute atomic E-state index is 5.67. The summed E-state index contributed by atoms with van der Waals surface area (Å²) < 4.78 is 0. The highest BCUT2D eigenvalue weighted by molar-refractivity contribution is 5.27. The molecule has 12 heavy (non-hydrogen) atoms. The van der Waals surface area contributed by atoms with Gasteiger partial charge < -0.3 is 5.73 Å². The smallest absolute Gasteiger partial charge is 0.109 e. The maximum Gasteiger partial charge on any atom is 0.109 e. The summed E-state index contributed by atoms with van der Waals surface area (Å²) in [5.41, 5.74) is 7.62. The van der Waals surface area contributed by atoms with Gasteiger partial charge >= 0.3 is 0 Å². The summed E-state index contributed by atoms with van der Waals surface area (Å²) in [6.07, 6.45) is 7.84. The summed E-state index contributed by atoms with van der Waals surface area (Å²) in [6.45, 7) is 2.06. The number of pyridine rings is 1. The second kappa shape index (κ2) is 3.89. The molecule has 0 saturated carbocycles. The molecule has 1 heterocycles. The van der Waals surface area contributed by atoms with Crippen LogP contribution in [0.3, 0.4) is 0 Å². The average Bonchev–Trinajstić information content (AvgIpc) is 2.16. The molecule has 1 rings (SSSR count). The van der Waals surface area contributed by atoms with Crippen molar-refractivity contribution in [3.8, 4) is 12.3 Å². The summed E-state index contributed by atoms with van der Waals surface area (Å²) >= 11 is 0. The minimum absolute atomic E-state index is 0.374. The molecule has 0 aliphatic rings. The van der Waals surface area contributed by atoms with E-state index in [2.05, 4.69) is 17.8 Å². The second-order valence-corrected chi connectivity index (χ2v) is 2.55. The van der Waals surface area contributed by atoms with Crippen LogP contribution in [0.4, 0.5) is 0 Å². The lowest BCUT2D eigenvalue weighted by Gasteiger charge is -2.07. The molecular formula is C10H12N2. The summed E-state index contributed by atoms with van der Waals surface area (Å²) in [5, 5.41) is 0. The molecule has 2 heteroatoms. The molecule has 2 nitrogen and oxygen atoms in total. The lowest BCUT2D eigenvalue weighted by atomic mass is 10.1. The molecule has 0 aliphatic heterocycles. The van der Waals surface area contributed by atoms with E-state index in [0.29, 0.717) is 0 Å². The van der Waals surface area contributed by atoms with Crippen LogP contribution in [0.25, 0.3) is 0 Å². The quantitative estimate of drug-likeness (QED) is 0.662. The van der Waals surface area contributed by atoms with Gasteiger partial charge in [0, 0.05) is 6.20 Å². The summed E-state index contributed by atoms with van der Waals surface area (Å²) in [6, 6.07) is 3.52. The third-order valence-corrected chi connectivity index (χ3v) is 1.78. The van der Waals surface area contributed by atoms with Crippen LogP contribution in [0.1, 0.15) is 24.2 Å². The van der Waals surface area contributed by atoms with E-state index in [9.17, 15) is 0 Å². The molecule has 0 bridgehead atoms. The first kappa shape index (κ1) is 8.76. The average molecular weight is 160 g/mol. The second-order valence-electron chi connectivity index (χ2n) is 2.55. The highest BCUT2D eigenvalue weighted by atomic mass is 14.8. The van der Waals surface area contributed by atoms with E-state index >= 15 is 0 Å². The van der Waals surface area contributed by atoms with Gasteiger partial charge in [-0.25, -0.2) is 0 Å². The van der Waals surface area contributed by atoms with Gasteiger partial charge in [-0.3, -0.25) is 4.98 Å². The van der Waals surface area contributed by atoms with E-state index < -0.39 is 0 Å². The zero-order chi connectivity index (χ0) is 8.97. The largest absolute Gasteiger partial charge is 0.313 e. The van der Waals surface area contributed by atoms with Gasteiger partial charge in [0.15, 0.2) is 0 Å². The Morgan fingerprint density at radius 3 is 3.08 bits per heavy atom. The molecule has 0 spiro atoms.